The van der Waals surface area contributed by atoms with Crippen molar-refractivity contribution in [2.24, 2.45) is 22.4 Å². The van der Waals surface area contributed by atoms with E-state index in [4.69, 9.17) is 20.9 Å². The number of benzene rings is 1. The van der Waals surface area contributed by atoms with Gasteiger partial charge in [-0.3, -0.25) is 9.79 Å². The quantitative estimate of drug-likeness (QED) is 0.207. The summed E-state index contributed by atoms with van der Waals surface area (Å²) in [5.41, 5.74) is 11.1. The summed E-state index contributed by atoms with van der Waals surface area (Å²) >= 11 is 0. The van der Waals surface area contributed by atoms with Crippen LogP contribution in [0.4, 0.5) is 8.78 Å². The Bertz CT molecular complexity index is 813. The first kappa shape index (κ1) is 23.5. The third-order valence-corrected chi connectivity index (χ3v) is 4.90. The van der Waals surface area contributed by atoms with E-state index in [1.807, 2.05) is 0 Å². The summed E-state index contributed by atoms with van der Waals surface area (Å²) in [5.74, 6) is -3.65. The normalized spacial score (nSPS) is 16.2. The summed E-state index contributed by atoms with van der Waals surface area (Å²) in [7, 11) is 0. The summed E-state index contributed by atoms with van der Waals surface area (Å²) in [6.07, 6.45) is 3.00. The molecule has 0 spiro atoms. The molecule has 0 aliphatic carbocycles. The molecule has 1 fully saturated rings. The van der Waals surface area contributed by atoms with Crippen molar-refractivity contribution in [2.75, 3.05) is 26.4 Å². The molecule has 1 aliphatic rings. The predicted molar refractivity (Wildman–Crippen MR) is 108 cm³/mol. The van der Waals surface area contributed by atoms with Gasteiger partial charge in [0.25, 0.3) is 0 Å². The summed E-state index contributed by atoms with van der Waals surface area (Å²) in [6, 6.07) is 3.02. The summed E-state index contributed by atoms with van der Waals surface area (Å²) in [5, 5.41) is 0. The minimum absolute atomic E-state index is 0.0871. The smallest absolute Gasteiger partial charge is 0.344 e. The highest BCUT2D eigenvalue weighted by atomic mass is 19.1. The summed E-state index contributed by atoms with van der Waals surface area (Å²) in [4.78, 5) is 28.8. The number of halogens is 2. The number of nitrogens with two attached hydrogens (primary N) is 2. The van der Waals surface area contributed by atoms with Crippen molar-refractivity contribution in [3.63, 3.8) is 0 Å². The van der Waals surface area contributed by atoms with Gasteiger partial charge in [-0.15, -0.1) is 0 Å². The molecular formula is C21H27F2N3O4. The molecule has 1 aromatic rings. The number of allylic oxidation sites excluding steroid dienone is 1. The van der Waals surface area contributed by atoms with Gasteiger partial charge in [-0.05, 0) is 43.7 Å². The number of carbonyl (C=O) groups is 2. The Morgan fingerprint density at radius 3 is 2.43 bits per heavy atom. The lowest BCUT2D eigenvalue weighted by Gasteiger charge is -2.21. The van der Waals surface area contributed by atoms with E-state index < -0.39 is 35.6 Å². The molecule has 0 saturated carbocycles. The molecule has 2 rings (SSSR count). The van der Waals surface area contributed by atoms with Gasteiger partial charge >= 0.3 is 5.97 Å². The van der Waals surface area contributed by atoms with Crippen LogP contribution in [-0.4, -0.2) is 44.0 Å². The van der Waals surface area contributed by atoms with Crippen LogP contribution >= 0.6 is 0 Å². The molecule has 1 aromatic carbocycles. The van der Waals surface area contributed by atoms with E-state index in [1.165, 1.54) is 0 Å². The fourth-order valence-electron chi connectivity index (χ4n) is 3.10. The number of esters is 1. The van der Waals surface area contributed by atoms with E-state index in [9.17, 15) is 18.4 Å². The summed E-state index contributed by atoms with van der Waals surface area (Å²) < 4.78 is 37.7. The van der Waals surface area contributed by atoms with Crippen molar-refractivity contribution in [1.82, 2.24) is 0 Å². The largest absolute Gasteiger partial charge is 0.454 e. The molecule has 0 amide bonds. The van der Waals surface area contributed by atoms with E-state index in [1.54, 1.807) is 6.92 Å². The van der Waals surface area contributed by atoms with Crippen molar-refractivity contribution in [3.8, 4) is 0 Å². The molecule has 1 saturated heterocycles. The van der Waals surface area contributed by atoms with Crippen molar-refractivity contribution >= 4 is 17.6 Å². The zero-order valence-electron chi connectivity index (χ0n) is 17.0. The number of Topliss-reactive ketones (excluding diaryl/α,β-unsaturated/α-hetero) is 1. The molecule has 1 aliphatic heterocycles. The minimum atomic E-state index is -1.03. The highest BCUT2D eigenvalue weighted by Gasteiger charge is 2.23. The lowest BCUT2D eigenvalue weighted by atomic mass is 9.97. The van der Waals surface area contributed by atoms with Crippen LogP contribution < -0.4 is 11.5 Å². The second-order valence-electron chi connectivity index (χ2n) is 6.96. The Kier molecular flexibility index (Phi) is 8.91. The maximum atomic E-state index is 13.7. The van der Waals surface area contributed by atoms with Gasteiger partial charge in [-0.1, -0.05) is 13.0 Å². The van der Waals surface area contributed by atoms with E-state index in [2.05, 4.69) is 4.99 Å². The highest BCUT2D eigenvalue weighted by molar-refractivity contribution is 6.19. The number of nitrogens with zero attached hydrogens (tertiary/aromatic N) is 1. The molecule has 0 bridgehead atoms. The van der Waals surface area contributed by atoms with E-state index in [0.29, 0.717) is 18.9 Å². The van der Waals surface area contributed by atoms with Crippen LogP contribution in [0.5, 0.6) is 0 Å². The number of hydrogen-bond acceptors (Lipinski definition) is 6. The maximum absolute atomic E-state index is 13.7. The van der Waals surface area contributed by atoms with Crippen LogP contribution in [-0.2, 0) is 14.3 Å². The topological polar surface area (TPSA) is 117 Å². The standard InChI is InChI=1S/C21H27F2N3O4/c1-2-16(24)19(20(25)26-9-6-13-7-10-29-11-8-13)21(28)30-12-17(27)18-14(22)4-3-5-15(18)23/h3-5,13H,2,6-12,24H2,1H3,(H2,25,26)/b19-16+. The van der Waals surface area contributed by atoms with Crippen molar-refractivity contribution in [1.29, 1.82) is 0 Å². The molecule has 1 heterocycles. The first-order valence-corrected chi connectivity index (χ1v) is 9.86. The number of rotatable bonds is 9. The van der Waals surface area contributed by atoms with Crippen LogP contribution in [0, 0.1) is 17.6 Å². The van der Waals surface area contributed by atoms with Crippen molar-refractivity contribution in [3.05, 3.63) is 46.7 Å². The third-order valence-electron chi connectivity index (χ3n) is 4.90. The SMILES string of the molecule is CC/C(N)=C(\C(=O)OCC(=O)c1c(F)cccc1F)C(N)=NCCC1CCOCC1. The number of ketones is 1. The average Bonchev–Trinajstić information content (AvgIpc) is 2.73. The maximum Gasteiger partial charge on any atom is 0.344 e. The number of hydrogen-bond donors (Lipinski definition) is 2. The van der Waals surface area contributed by atoms with Crippen LogP contribution in [0.3, 0.4) is 0 Å². The van der Waals surface area contributed by atoms with Crippen LogP contribution in [0.15, 0.2) is 34.5 Å². The number of ether oxygens (including phenoxy) is 2. The van der Waals surface area contributed by atoms with Gasteiger partial charge in [-0.25, -0.2) is 13.6 Å². The van der Waals surface area contributed by atoms with Gasteiger partial charge in [0, 0.05) is 25.5 Å². The van der Waals surface area contributed by atoms with E-state index in [-0.39, 0.29) is 17.1 Å². The molecule has 0 radical (unpaired) electrons. The van der Waals surface area contributed by atoms with Crippen molar-refractivity contribution < 1.29 is 27.8 Å². The van der Waals surface area contributed by atoms with Crippen molar-refractivity contribution in [2.45, 2.75) is 32.6 Å². The third kappa shape index (κ3) is 6.35. The van der Waals surface area contributed by atoms with Gasteiger partial charge in [0.05, 0.1) is 5.56 Å². The first-order chi connectivity index (χ1) is 14.3. The number of amidine groups is 1. The lowest BCUT2D eigenvalue weighted by molar-refractivity contribution is -0.137. The van der Waals surface area contributed by atoms with Gasteiger partial charge in [0.1, 0.15) is 23.0 Å². The van der Waals surface area contributed by atoms with Crippen LogP contribution in [0.2, 0.25) is 0 Å². The second kappa shape index (κ2) is 11.4. The van der Waals surface area contributed by atoms with Gasteiger partial charge < -0.3 is 20.9 Å². The number of aliphatic imine (C=N–C) groups is 1. The van der Waals surface area contributed by atoms with E-state index >= 15 is 0 Å². The van der Waals surface area contributed by atoms with Crippen LogP contribution in [0.25, 0.3) is 0 Å². The molecule has 7 nitrogen and oxygen atoms in total. The molecule has 0 atom stereocenters. The second-order valence-corrected chi connectivity index (χ2v) is 6.96. The number of carbonyl (C=O) groups excluding carboxylic acids is 2. The molecule has 9 heteroatoms. The lowest BCUT2D eigenvalue weighted by Crippen LogP contribution is -2.29. The minimum Gasteiger partial charge on any atom is -0.454 e. The fourth-order valence-corrected chi connectivity index (χ4v) is 3.10. The Labute approximate surface area is 174 Å². The predicted octanol–water partition coefficient (Wildman–Crippen LogP) is 2.49. The molecule has 164 valence electrons. The Morgan fingerprint density at radius 2 is 1.83 bits per heavy atom. The van der Waals surface area contributed by atoms with Crippen LogP contribution in [0.1, 0.15) is 43.0 Å². The zero-order valence-corrected chi connectivity index (χ0v) is 17.0. The zero-order chi connectivity index (χ0) is 22.1. The Balaban J connectivity index is 2.02. The fraction of sp³-hybridized carbons (Fsp3) is 0.476. The molecule has 0 aromatic heterocycles. The van der Waals surface area contributed by atoms with Gasteiger partial charge in [0.15, 0.2) is 6.61 Å². The Morgan fingerprint density at radius 1 is 1.20 bits per heavy atom. The monoisotopic (exact) mass is 423 g/mol. The molecule has 0 unspecified atom stereocenters. The van der Waals surface area contributed by atoms with E-state index in [0.717, 1.165) is 50.7 Å². The average molecular weight is 423 g/mol. The molecule has 30 heavy (non-hydrogen) atoms. The molecule has 4 N–H and O–H groups in total. The van der Waals surface area contributed by atoms with Gasteiger partial charge in [0.2, 0.25) is 5.78 Å². The van der Waals surface area contributed by atoms with Gasteiger partial charge in [-0.2, -0.15) is 0 Å². The first-order valence-electron chi connectivity index (χ1n) is 9.86. The Hall–Kier alpha value is -2.81. The summed E-state index contributed by atoms with van der Waals surface area (Å²) in [6.45, 7) is 2.72. The highest BCUT2D eigenvalue weighted by Crippen LogP contribution is 2.18. The molecular weight excluding hydrogens is 396 g/mol.